The number of rotatable bonds is 3. The van der Waals surface area contributed by atoms with Crippen molar-refractivity contribution in [1.29, 1.82) is 0 Å². The Morgan fingerprint density at radius 1 is 1.19 bits per heavy atom. The fourth-order valence-corrected chi connectivity index (χ4v) is 2.28. The highest BCUT2D eigenvalue weighted by molar-refractivity contribution is 5.96. The molecule has 0 amide bonds. The van der Waals surface area contributed by atoms with Crippen molar-refractivity contribution in [1.82, 2.24) is 9.97 Å². The molecule has 0 fully saturated rings. The van der Waals surface area contributed by atoms with Crippen LogP contribution in [0.15, 0.2) is 42.6 Å². The number of methoxy groups -OCH3 is 2. The summed E-state index contributed by atoms with van der Waals surface area (Å²) in [5, 5.41) is 0.929. The van der Waals surface area contributed by atoms with Crippen molar-refractivity contribution in [3.05, 3.63) is 48.2 Å². The molecule has 106 valence electrons. The Kier molecular flexibility index (Phi) is 3.31. The molecule has 0 aliphatic carbocycles. The summed E-state index contributed by atoms with van der Waals surface area (Å²) in [6, 6.07) is 11.1. The predicted octanol–water partition coefficient (Wildman–Crippen LogP) is 3.03. The van der Waals surface area contributed by atoms with E-state index in [4.69, 9.17) is 9.47 Å². The molecule has 5 heteroatoms. The Morgan fingerprint density at radius 3 is 2.81 bits per heavy atom. The van der Waals surface area contributed by atoms with Crippen LogP contribution in [0.4, 0.5) is 0 Å². The number of pyridine rings is 1. The van der Waals surface area contributed by atoms with E-state index in [0.717, 1.165) is 22.2 Å². The first-order valence-corrected chi connectivity index (χ1v) is 6.43. The number of carbonyl (C=O) groups excluding carboxylic acids is 1. The lowest BCUT2D eigenvalue weighted by Crippen LogP contribution is -2.00. The molecule has 0 saturated heterocycles. The Labute approximate surface area is 121 Å². The standard InChI is InChI=1S/C16H14N2O3/c1-20-15-12(4-3-7-17-15)14-9-11-8-10(16(19)21-2)5-6-13(11)18-14/h3-9,18H,1-2H3. The molecule has 2 heterocycles. The summed E-state index contributed by atoms with van der Waals surface area (Å²) in [7, 11) is 2.96. The second kappa shape index (κ2) is 5.28. The maximum Gasteiger partial charge on any atom is 0.337 e. The molecule has 2 aromatic heterocycles. The minimum atomic E-state index is -0.349. The fraction of sp³-hybridized carbons (Fsp3) is 0.125. The predicted molar refractivity (Wildman–Crippen MR) is 79.4 cm³/mol. The molecule has 0 spiro atoms. The monoisotopic (exact) mass is 282 g/mol. The van der Waals surface area contributed by atoms with E-state index in [9.17, 15) is 4.79 Å². The van der Waals surface area contributed by atoms with Crippen LogP contribution in [0.25, 0.3) is 22.2 Å². The highest BCUT2D eigenvalue weighted by Gasteiger charge is 2.11. The summed E-state index contributed by atoms with van der Waals surface area (Å²) >= 11 is 0. The minimum Gasteiger partial charge on any atom is -0.481 e. The van der Waals surface area contributed by atoms with Gasteiger partial charge in [-0.1, -0.05) is 0 Å². The van der Waals surface area contributed by atoms with E-state index in [1.807, 2.05) is 24.3 Å². The van der Waals surface area contributed by atoms with Crippen LogP contribution >= 0.6 is 0 Å². The largest absolute Gasteiger partial charge is 0.481 e. The number of carbonyl (C=O) groups is 1. The van der Waals surface area contributed by atoms with Gasteiger partial charge in [0.2, 0.25) is 5.88 Å². The molecule has 0 bridgehead atoms. The van der Waals surface area contributed by atoms with E-state index in [0.29, 0.717) is 11.4 Å². The zero-order valence-corrected chi connectivity index (χ0v) is 11.7. The molecule has 0 saturated carbocycles. The maximum atomic E-state index is 11.6. The number of aromatic amines is 1. The third-order valence-corrected chi connectivity index (χ3v) is 3.30. The van der Waals surface area contributed by atoms with E-state index in [1.165, 1.54) is 7.11 Å². The first-order chi connectivity index (χ1) is 10.2. The Hall–Kier alpha value is -2.82. The second-order valence-corrected chi connectivity index (χ2v) is 4.54. The lowest BCUT2D eigenvalue weighted by atomic mass is 10.1. The molecule has 3 rings (SSSR count). The number of nitrogens with zero attached hydrogens (tertiary/aromatic N) is 1. The molecule has 0 atom stereocenters. The number of hydrogen-bond acceptors (Lipinski definition) is 4. The van der Waals surface area contributed by atoms with Gasteiger partial charge in [0.1, 0.15) is 0 Å². The van der Waals surface area contributed by atoms with Gasteiger partial charge in [0.05, 0.1) is 31.0 Å². The van der Waals surface area contributed by atoms with E-state index >= 15 is 0 Å². The average molecular weight is 282 g/mol. The normalized spacial score (nSPS) is 10.6. The van der Waals surface area contributed by atoms with Crippen molar-refractivity contribution in [3.63, 3.8) is 0 Å². The van der Waals surface area contributed by atoms with Gasteiger partial charge in [0, 0.05) is 17.1 Å². The molecule has 1 N–H and O–H groups in total. The van der Waals surface area contributed by atoms with Gasteiger partial charge in [-0.15, -0.1) is 0 Å². The van der Waals surface area contributed by atoms with Crippen molar-refractivity contribution in [3.8, 4) is 17.1 Å². The first-order valence-electron chi connectivity index (χ1n) is 6.43. The number of ether oxygens (including phenoxy) is 2. The molecular weight excluding hydrogens is 268 g/mol. The Balaban J connectivity index is 2.11. The van der Waals surface area contributed by atoms with Crippen molar-refractivity contribution in [2.45, 2.75) is 0 Å². The number of H-pyrrole nitrogens is 1. The number of benzene rings is 1. The van der Waals surface area contributed by atoms with E-state index in [1.54, 1.807) is 25.4 Å². The Bertz CT molecular complexity index is 808. The zero-order chi connectivity index (χ0) is 14.8. The quantitative estimate of drug-likeness (QED) is 0.750. The Morgan fingerprint density at radius 2 is 2.05 bits per heavy atom. The number of fused-ring (bicyclic) bond motifs is 1. The first kappa shape index (κ1) is 13.2. The van der Waals surface area contributed by atoms with Crippen LogP contribution in [-0.2, 0) is 4.74 Å². The second-order valence-electron chi connectivity index (χ2n) is 4.54. The third-order valence-electron chi connectivity index (χ3n) is 3.30. The maximum absolute atomic E-state index is 11.6. The van der Waals surface area contributed by atoms with Crippen LogP contribution in [0.1, 0.15) is 10.4 Å². The van der Waals surface area contributed by atoms with Gasteiger partial charge in [0.25, 0.3) is 0 Å². The topological polar surface area (TPSA) is 64.2 Å². The van der Waals surface area contributed by atoms with Crippen LogP contribution in [-0.4, -0.2) is 30.2 Å². The number of nitrogens with one attached hydrogen (secondary N) is 1. The van der Waals surface area contributed by atoms with Crippen LogP contribution in [0.5, 0.6) is 5.88 Å². The summed E-state index contributed by atoms with van der Waals surface area (Å²) in [5.74, 6) is 0.204. The molecule has 0 radical (unpaired) electrons. The molecule has 0 aliphatic rings. The number of aromatic nitrogens is 2. The fourth-order valence-electron chi connectivity index (χ4n) is 2.28. The number of hydrogen-bond donors (Lipinski definition) is 1. The SMILES string of the molecule is COC(=O)c1ccc2[nH]c(-c3cccnc3OC)cc2c1. The average Bonchev–Trinajstić information content (AvgIpc) is 2.96. The highest BCUT2D eigenvalue weighted by atomic mass is 16.5. The van der Waals surface area contributed by atoms with E-state index < -0.39 is 0 Å². The number of esters is 1. The molecule has 0 aliphatic heterocycles. The lowest BCUT2D eigenvalue weighted by molar-refractivity contribution is 0.0601. The molecule has 1 aromatic carbocycles. The molecule has 3 aromatic rings. The van der Waals surface area contributed by atoms with Crippen molar-refractivity contribution in [2.75, 3.05) is 14.2 Å². The summed E-state index contributed by atoms with van der Waals surface area (Å²) in [6.45, 7) is 0. The smallest absolute Gasteiger partial charge is 0.337 e. The van der Waals surface area contributed by atoms with Crippen LogP contribution in [0.2, 0.25) is 0 Å². The van der Waals surface area contributed by atoms with E-state index in [2.05, 4.69) is 9.97 Å². The molecule has 21 heavy (non-hydrogen) atoms. The lowest BCUT2D eigenvalue weighted by Gasteiger charge is -2.04. The van der Waals surface area contributed by atoms with Gasteiger partial charge in [-0.2, -0.15) is 0 Å². The molecule has 0 unspecified atom stereocenters. The van der Waals surface area contributed by atoms with Crippen LogP contribution in [0.3, 0.4) is 0 Å². The van der Waals surface area contributed by atoms with Gasteiger partial charge >= 0.3 is 5.97 Å². The summed E-state index contributed by atoms with van der Waals surface area (Å²) < 4.78 is 10.0. The van der Waals surface area contributed by atoms with Crippen molar-refractivity contribution < 1.29 is 14.3 Å². The van der Waals surface area contributed by atoms with Gasteiger partial charge in [-0.05, 0) is 36.4 Å². The minimum absolute atomic E-state index is 0.349. The van der Waals surface area contributed by atoms with Gasteiger partial charge in [-0.25, -0.2) is 9.78 Å². The van der Waals surface area contributed by atoms with Crippen LogP contribution in [0, 0.1) is 0 Å². The summed E-state index contributed by atoms with van der Waals surface area (Å²) in [6.07, 6.45) is 1.68. The van der Waals surface area contributed by atoms with Crippen LogP contribution < -0.4 is 4.74 Å². The van der Waals surface area contributed by atoms with Gasteiger partial charge < -0.3 is 14.5 Å². The summed E-state index contributed by atoms with van der Waals surface area (Å²) in [4.78, 5) is 19.1. The molecular formula is C16H14N2O3. The van der Waals surface area contributed by atoms with Gasteiger partial charge in [0.15, 0.2) is 0 Å². The van der Waals surface area contributed by atoms with E-state index in [-0.39, 0.29) is 5.97 Å². The van der Waals surface area contributed by atoms with Gasteiger partial charge in [-0.3, -0.25) is 0 Å². The summed E-state index contributed by atoms with van der Waals surface area (Å²) in [5.41, 5.74) is 3.21. The zero-order valence-electron chi connectivity index (χ0n) is 11.7. The van der Waals surface area contributed by atoms with Crippen molar-refractivity contribution >= 4 is 16.9 Å². The highest BCUT2D eigenvalue weighted by Crippen LogP contribution is 2.30. The molecule has 5 nitrogen and oxygen atoms in total. The third kappa shape index (κ3) is 2.33. The van der Waals surface area contributed by atoms with Crippen molar-refractivity contribution in [2.24, 2.45) is 0 Å².